The van der Waals surface area contributed by atoms with Crippen LogP contribution in [-0.2, 0) is 28.8 Å². The van der Waals surface area contributed by atoms with E-state index < -0.39 is 29.9 Å². The Hall–Kier alpha value is -2.98. The van der Waals surface area contributed by atoms with Gasteiger partial charge in [-0.05, 0) is 39.5 Å². The zero-order valence-corrected chi connectivity index (χ0v) is 21.7. The van der Waals surface area contributed by atoms with Crippen molar-refractivity contribution in [2.45, 2.75) is 91.8 Å². The van der Waals surface area contributed by atoms with Gasteiger partial charge in [-0.3, -0.25) is 33.7 Å². The molecule has 1 rings (SSSR count). The SMILES string of the molecule is CCNC(=O)[C@H](C)NC(=O)[C@@H](NC(=O)[C@H](C)NC(=O)CCCCCN1C(=O)CC(C)C1=O)C(C)C. The number of hydrogen-bond acceptors (Lipinski definition) is 6. The van der Waals surface area contributed by atoms with Gasteiger partial charge in [0.1, 0.15) is 18.1 Å². The average Bonchev–Trinajstić information content (AvgIpc) is 3.02. The number of carbonyl (C=O) groups is 6. The fraction of sp³-hybridized carbons (Fsp3) is 0.750. The first-order valence-corrected chi connectivity index (χ1v) is 12.4. The highest BCUT2D eigenvalue weighted by atomic mass is 16.2. The fourth-order valence-electron chi connectivity index (χ4n) is 3.70. The van der Waals surface area contributed by atoms with Gasteiger partial charge in [-0.15, -0.1) is 0 Å². The minimum Gasteiger partial charge on any atom is -0.355 e. The normalized spacial score (nSPS) is 18.1. The minimum absolute atomic E-state index is 0.139. The topological polar surface area (TPSA) is 154 Å². The molecular weight excluding hydrogens is 454 g/mol. The van der Waals surface area contributed by atoms with Crippen molar-refractivity contribution >= 4 is 35.4 Å². The lowest BCUT2D eigenvalue weighted by Gasteiger charge is -2.25. The van der Waals surface area contributed by atoms with Crippen LogP contribution in [-0.4, -0.2) is 71.6 Å². The number of imide groups is 1. The van der Waals surface area contributed by atoms with E-state index in [9.17, 15) is 28.8 Å². The zero-order valence-electron chi connectivity index (χ0n) is 21.7. The van der Waals surface area contributed by atoms with Gasteiger partial charge >= 0.3 is 0 Å². The van der Waals surface area contributed by atoms with Gasteiger partial charge in [0.2, 0.25) is 35.4 Å². The van der Waals surface area contributed by atoms with Crippen molar-refractivity contribution < 1.29 is 28.8 Å². The molecule has 1 aliphatic rings. The van der Waals surface area contributed by atoms with Crippen LogP contribution in [0.3, 0.4) is 0 Å². The van der Waals surface area contributed by atoms with Crippen molar-refractivity contribution in [1.82, 2.24) is 26.2 Å². The molecule has 0 saturated carbocycles. The lowest BCUT2D eigenvalue weighted by Crippen LogP contribution is -2.57. The van der Waals surface area contributed by atoms with Crippen LogP contribution < -0.4 is 21.3 Å². The van der Waals surface area contributed by atoms with Crippen LogP contribution in [0.25, 0.3) is 0 Å². The highest BCUT2D eigenvalue weighted by Crippen LogP contribution is 2.19. The van der Waals surface area contributed by atoms with Crippen LogP contribution in [0.4, 0.5) is 0 Å². The summed E-state index contributed by atoms with van der Waals surface area (Å²) in [5.41, 5.74) is 0. The van der Waals surface area contributed by atoms with Crippen molar-refractivity contribution in [3.63, 3.8) is 0 Å². The number of unbranched alkanes of at least 4 members (excludes halogenated alkanes) is 2. The van der Waals surface area contributed by atoms with Gasteiger partial charge in [-0.1, -0.05) is 27.2 Å². The van der Waals surface area contributed by atoms with Crippen LogP contribution in [0.5, 0.6) is 0 Å². The Balaban J connectivity index is 2.41. The summed E-state index contributed by atoms with van der Waals surface area (Å²) >= 11 is 0. The molecule has 11 nitrogen and oxygen atoms in total. The number of nitrogens with zero attached hydrogens (tertiary/aromatic N) is 1. The molecule has 0 aromatic heterocycles. The number of amides is 6. The number of nitrogens with one attached hydrogen (secondary N) is 4. The van der Waals surface area contributed by atoms with Crippen molar-refractivity contribution in [2.24, 2.45) is 11.8 Å². The zero-order chi connectivity index (χ0) is 26.7. The Morgan fingerprint density at radius 2 is 1.51 bits per heavy atom. The van der Waals surface area contributed by atoms with E-state index in [-0.39, 0.29) is 48.3 Å². The van der Waals surface area contributed by atoms with Gasteiger partial charge < -0.3 is 21.3 Å². The molecule has 1 saturated heterocycles. The molecule has 6 amide bonds. The molecule has 11 heteroatoms. The highest BCUT2D eigenvalue weighted by Gasteiger charge is 2.34. The number of rotatable bonds is 14. The van der Waals surface area contributed by atoms with E-state index in [0.29, 0.717) is 32.4 Å². The van der Waals surface area contributed by atoms with Gasteiger partial charge in [0.15, 0.2) is 0 Å². The predicted molar refractivity (Wildman–Crippen MR) is 130 cm³/mol. The molecule has 1 aliphatic heterocycles. The molecule has 0 aromatic rings. The minimum atomic E-state index is -0.863. The molecule has 0 spiro atoms. The summed E-state index contributed by atoms with van der Waals surface area (Å²) in [6.07, 6.45) is 2.30. The third kappa shape index (κ3) is 9.65. The maximum atomic E-state index is 12.6. The van der Waals surface area contributed by atoms with Crippen molar-refractivity contribution in [3.05, 3.63) is 0 Å². The van der Waals surface area contributed by atoms with E-state index in [1.807, 2.05) is 0 Å². The molecule has 1 unspecified atom stereocenters. The molecule has 0 aromatic carbocycles. The standard InChI is InChI=1S/C24H41N5O6/c1-7-25-21(32)16(5)27-23(34)20(14(2)3)28-22(33)17(6)26-18(30)11-9-8-10-12-29-19(31)13-15(4)24(29)35/h14-17,20H,7-13H2,1-6H3,(H,25,32)(H,26,30)(H,27,34)(H,28,33)/t15?,16-,17-,20-/m0/s1. The quantitative estimate of drug-likeness (QED) is 0.200. The van der Waals surface area contributed by atoms with Gasteiger partial charge in [0.05, 0.1) is 0 Å². The van der Waals surface area contributed by atoms with Crippen LogP contribution >= 0.6 is 0 Å². The second-order valence-corrected chi connectivity index (χ2v) is 9.44. The fourth-order valence-corrected chi connectivity index (χ4v) is 3.70. The molecule has 35 heavy (non-hydrogen) atoms. The largest absolute Gasteiger partial charge is 0.355 e. The van der Waals surface area contributed by atoms with Gasteiger partial charge in [0.25, 0.3) is 0 Å². The van der Waals surface area contributed by atoms with Crippen LogP contribution in [0.1, 0.15) is 73.6 Å². The van der Waals surface area contributed by atoms with E-state index in [4.69, 9.17) is 0 Å². The second kappa shape index (κ2) is 14.4. The molecule has 198 valence electrons. The summed E-state index contributed by atoms with van der Waals surface area (Å²) in [7, 11) is 0. The van der Waals surface area contributed by atoms with Gasteiger partial charge in [-0.2, -0.15) is 0 Å². The number of likely N-dealkylation sites (N-methyl/N-ethyl adjacent to an activating group) is 1. The van der Waals surface area contributed by atoms with Crippen molar-refractivity contribution in [3.8, 4) is 0 Å². The molecule has 0 aliphatic carbocycles. The Bertz CT molecular complexity index is 799. The summed E-state index contributed by atoms with van der Waals surface area (Å²) in [5.74, 6) is -2.37. The third-order valence-corrected chi connectivity index (χ3v) is 5.88. The first kappa shape index (κ1) is 30.1. The lowest BCUT2D eigenvalue weighted by atomic mass is 10.0. The Morgan fingerprint density at radius 3 is 2.06 bits per heavy atom. The maximum Gasteiger partial charge on any atom is 0.243 e. The first-order chi connectivity index (χ1) is 16.4. The molecule has 4 atom stereocenters. The molecule has 0 radical (unpaired) electrons. The van der Waals surface area contributed by atoms with Crippen LogP contribution in [0, 0.1) is 11.8 Å². The number of likely N-dealkylation sites (tertiary alicyclic amines) is 1. The molecular formula is C24H41N5O6. The number of hydrogen-bond donors (Lipinski definition) is 4. The Morgan fingerprint density at radius 1 is 0.886 bits per heavy atom. The highest BCUT2D eigenvalue weighted by molar-refractivity contribution is 6.03. The predicted octanol–water partition coefficient (Wildman–Crippen LogP) is 0.228. The van der Waals surface area contributed by atoms with E-state index in [2.05, 4.69) is 21.3 Å². The van der Waals surface area contributed by atoms with Crippen LogP contribution in [0.15, 0.2) is 0 Å². The first-order valence-electron chi connectivity index (χ1n) is 12.4. The Labute approximate surface area is 207 Å². The summed E-state index contributed by atoms with van der Waals surface area (Å²) in [5, 5.41) is 10.5. The molecule has 0 bridgehead atoms. The molecule has 1 fully saturated rings. The van der Waals surface area contributed by atoms with Crippen molar-refractivity contribution in [2.75, 3.05) is 13.1 Å². The van der Waals surface area contributed by atoms with Gasteiger partial charge in [0, 0.05) is 31.8 Å². The molecule has 4 N–H and O–H groups in total. The van der Waals surface area contributed by atoms with Gasteiger partial charge in [-0.25, -0.2) is 0 Å². The van der Waals surface area contributed by atoms with E-state index in [0.717, 1.165) is 0 Å². The number of carbonyl (C=O) groups excluding carboxylic acids is 6. The van der Waals surface area contributed by atoms with E-state index in [1.165, 1.54) is 11.8 Å². The summed E-state index contributed by atoms with van der Waals surface area (Å²) in [6, 6.07) is -2.46. The summed E-state index contributed by atoms with van der Waals surface area (Å²) in [6.45, 7) is 11.0. The third-order valence-electron chi connectivity index (χ3n) is 5.88. The molecule has 1 heterocycles. The van der Waals surface area contributed by atoms with E-state index in [1.54, 1.807) is 34.6 Å². The Kier molecular flexibility index (Phi) is 12.4. The monoisotopic (exact) mass is 495 g/mol. The lowest BCUT2D eigenvalue weighted by molar-refractivity contribution is -0.139. The summed E-state index contributed by atoms with van der Waals surface area (Å²) in [4.78, 5) is 74.2. The van der Waals surface area contributed by atoms with E-state index >= 15 is 0 Å². The average molecular weight is 496 g/mol. The van der Waals surface area contributed by atoms with Crippen molar-refractivity contribution in [1.29, 1.82) is 0 Å². The summed E-state index contributed by atoms with van der Waals surface area (Å²) < 4.78 is 0. The second-order valence-electron chi connectivity index (χ2n) is 9.44. The smallest absolute Gasteiger partial charge is 0.243 e. The van der Waals surface area contributed by atoms with Crippen LogP contribution in [0.2, 0.25) is 0 Å². The maximum absolute atomic E-state index is 12.6.